The van der Waals surface area contributed by atoms with Crippen LogP contribution in [0.5, 0.6) is 0 Å². The summed E-state index contributed by atoms with van der Waals surface area (Å²) in [4.78, 5) is 13.2. The molecule has 0 unspecified atom stereocenters. The van der Waals surface area contributed by atoms with Crippen molar-refractivity contribution >= 4 is 5.91 Å². The average Bonchev–Trinajstić information content (AvgIpc) is 2.39. The highest BCUT2D eigenvalue weighted by Gasteiger charge is 2.02. The molecule has 0 aromatic heterocycles. The van der Waals surface area contributed by atoms with Gasteiger partial charge in [0.2, 0.25) is 5.91 Å². The molecule has 0 fully saturated rings. The third kappa shape index (κ3) is 6.39. The van der Waals surface area contributed by atoms with Gasteiger partial charge in [-0.3, -0.25) is 9.69 Å². The number of hydrogen-bond acceptors (Lipinski definition) is 2. The minimum atomic E-state index is 0.0368. The van der Waals surface area contributed by atoms with Gasteiger partial charge in [-0.2, -0.15) is 0 Å². The lowest BCUT2D eigenvalue weighted by Gasteiger charge is -2.19. The van der Waals surface area contributed by atoms with Crippen LogP contribution in [0.2, 0.25) is 0 Å². The van der Waals surface area contributed by atoms with Crippen molar-refractivity contribution in [1.29, 1.82) is 0 Å². The second-order valence-corrected chi connectivity index (χ2v) is 4.92. The van der Waals surface area contributed by atoms with Crippen LogP contribution in [0, 0.1) is 0 Å². The molecule has 0 heterocycles. The molecule has 1 amide bonds. The number of amides is 1. The molecule has 1 aromatic rings. The van der Waals surface area contributed by atoms with Crippen molar-refractivity contribution in [3.63, 3.8) is 0 Å². The van der Waals surface area contributed by atoms with Crippen molar-refractivity contribution in [3.05, 3.63) is 35.4 Å². The number of nitrogens with one attached hydrogen (secondary N) is 1. The highest BCUT2D eigenvalue weighted by Crippen LogP contribution is 2.08. The number of carbonyl (C=O) groups excluding carboxylic acids is 1. The van der Waals surface area contributed by atoms with Crippen molar-refractivity contribution in [2.24, 2.45) is 0 Å². The molecule has 3 nitrogen and oxygen atoms in total. The summed E-state index contributed by atoms with van der Waals surface area (Å²) < 4.78 is 0. The first-order valence-corrected chi connectivity index (χ1v) is 7.20. The van der Waals surface area contributed by atoms with Crippen molar-refractivity contribution in [2.45, 2.75) is 40.2 Å². The zero-order valence-electron chi connectivity index (χ0n) is 12.4. The van der Waals surface area contributed by atoms with E-state index in [0.717, 1.165) is 26.1 Å². The Hall–Kier alpha value is -1.35. The summed E-state index contributed by atoms with van der Waals surface area (Å²) in [6, 6.07) is 8.72. The van der Waals surface area contributed by atoms with Gasteiger partial charge in [0.1, 0.15) is 0 Å². The van der Waals surface area contributed by atoms with E-state index in [0.29, 0.717) is 6.54 Å². The van der Waals surface area contributed by atoms with E-state index >= 15 is 0 Å². The summed E-state index contributed by atoms with van der Waals surface area (Å²) in [6.07, 6.45) is 2.09. The van der Waals surface area contributed by atoms with Gasteiger partial charge in [0, 0.05) is 20.0 Å². The van der Waals surface area contributed by atoms with Gasteiger partial charge in [-0.05, 0) is 37.1 Å². The molecule has 0 aliphatic carbocycles. The molecule has 3 heteroatoms. The molecule has 0 radical (unpaired) electrons. The summed E-state index contributed by atoms with van der Waals surface area (Å²) in [5, 5.41) is 2.82. The molecule has 0 saturated carbocycles. The zero-order valence-corrected chi connectivity index (χ0v) is 12.4. The van der Waals surface area contributed by atoms with Crippen LogP contribution < -0.4 is 5.32 Å². The summed E-state index contributed by atoms with van der Waals surface area (Å²) in [5.41, 5.74) is 2.63. The van der Waals surface area contributed by atoms with Crippen LogP contribution in [-0.4, -0.2) is 30.4 Å². The molecule has 19 heavy (non-hydrogen) atoms. The Bertz CT molecular complexity index is 373. The number of carbonyl (C=O) groups is 1. The van der Waals surface area contributed by atoms with Gasteiger partial charge in [0.05, 0.1) is 0 Å². The van der Waals surface area contributed by atoms with Crippen LogP contribution >= 0.6 is 0 Å². The molecule has 0 saturated heterocycles. The van der Waals surface area contributed by atoms with E-state index in [2.05, 4.69) is 48.3 Å². The standard InChI is InChI=1S/C16H26N2O/c1-4-12-18(5-2)13-16-8-6-15(7-9-16)10-11-17-14(3)19/h6-9H,4-5,10-13H2,1-3H3,(H,17,19). The molecular formula is C16H26N2O. The molecule has 0 aliphatic rings. The molecule has 0 atom stereocenters. The van der Waals surface area contributed by atoms with E-state index in [9.17, 15) is 4.79 Å². The van der Waals surface area contributed by atoms with Crippen molar-refractivity contribution in [1.82, 2.24) is 10.2 Å². The van der Waals surface area contributed by atoms with E-state index in [1.165, 1.54) is 17.5 Å². The fourth-order valence-electron chi connectivity index (χ4n) is 2.12. The lowest BCUT2D eigenvalue weighted by Crippen LogP contribution is -2.23. The Morgan fingerprint density at radius 2 is 1.79 bits per heavy atom. The number of rotatable bonds is 8. The van der Waals surface area contributed by atoms with Gasteiger partial charge in [0.15, 0.2) is 0 Å². The summed E-state index contributed by atoms with van der Waals surface area (Å²) in [7, 11) is 0. The Morgan fingerprint density at radius 1 is 1.16 bits per heavy atom. The Morgan fingerprint density at radius 3 is 2.32 bits per heavy atom. The van der Waals surface area contributed by atoms with Gasteiger partial charge in [0.25, 0.3) is 0 Å². The average molecular weight is 262 g/mol. The molecule has 0 spiro atoms. The molecule has 0 bridgehead atoms. The van der Waals surface area contributed by atoms with Crippen LogP contribution in [0.3, 0.4) is 0 Å². The SMILES string of the molecule is CCCN(CC)Cc1ccc(CCNC(C)=O)cc1. The summed E-state index contributed by atoms with van der Waals surface area (Å²) in [5.74, 6) is 0.0368. The summed E-state index contributed by atoms with van der Waals surface area (Å²) >= 11 is 0. The van der Waals surface area contributed by atoms with E-state index in [1.54, 1.807) is 6.92 Å². The maximum Gasteiger partial charge on any atom is 0.216 e. The minimum absolute atomic E-state index is 0.0368. The fraction of sp³-hybridized carbons (Fsp3) is 0.562. The van der Waals surface area contributed by atoms with Crippen LogP contribution in [0.4, 0.5) is 0 Å². The molecule has 106 valence electrons. The molecule has 1 aromatic carbocycles. The van der Waals surface area contributed by atoms with Crippen molar-refractivity contribution in [2.75, 3.05) is 19.6 Å². The lowest BCUT2D eigenvalue weighted by molar-refractivity contribution is -0.118. The van der Waals surface area contributed by atoms with E-state index in [4.69, 9.17) is 0 Å². The van der Waals surface area contributed by atoms with Crippen LogP contribution in [0.15, 0.2) is 24.3 Å². The predicted octanol–water partition coefficient (Wildman–Crippen LogP) is 2.60. The topological polar surface area (TPSA) is 32.3 Å². The van der Waals surface area contributed by atoms with Gasteiger partial charge in [-0.25, -0.2) is 0 Å². The first-order valence-electron chi connectivity index (χ1n) is 7.20. The first-order chi connectivity index (χ1) is 9.15. The van der Waals surface area contributed by atoms with Crippen molar-refractivity contribution in [3.8, 4) is 0 Å². The Balaban J connectivity index is 2.44. The summed E-state index contributed by atoms with van der Waals surface area (Å²) in [6.45, 7) is 9.96. The Kier molecular flexibility index (Phi) is 7.19. The number of benzene rings is 1. The first kappa shape index (κ1) is 15.7. The second kappa shape index (κ2) is 8.70. The third-order valence-corrected chi connectivity index (χ3v) is 3.20. The van der Waals surface area contributed by atoms with Crippen LogP contribution in [0.1, 0.15) is 38.3 Å². The predicted molar refractivity (Wildman–Crippen MR) is 80.1 cm³/mol. The van der Waals surface area contributed by atoms with Gasteiger partial charge in [-0.15, -0.1) is 0 Å². The molecular weight excluding hydrogens is 236 g/mol. The molecule has 0 aliphatic heterocycles. The molecule has 1 N–H and O–H groups in total. The lowest BCUT2D eigenvalue weighted by atomic mass is 10.1. The van der Waals surface area contributed by atoms with Crippen LogP contribution in [-0.2, 0) is 17.8 Å². The fourth-order valence-corrected chi connectivity index (χ4v) is 2.12. The Labute approximate surface area is 117 Å². The van der Waals surface area contributed by atoms with Crippen molar-refractivity contribution < 1.29 is 4.79 Å². The second-order valence-electron chi connectivity index (χ2n) is 4.92. The maximum atomic E-state index is 10.8. The maximum absolute atomic E-state index is 10.8. The molecule has 1 rings (SSSR count). The monoisotopic (exact) mass is 262 g/mol. The van der Waals surface area contributed by atoms with Crippen LogP contribution in [0.25, 0.3) is 0 Å². The van der Waals surface area contributed by atoms with Gasteiger partial charge >= 0.3 is 0 Å². The quantitative estimate of drug-likeness (QED) is 0.781. The van der Waals surface area contributed by atoms with Gasteiger partial charge < -0.3 is 5.32 Å². The van der Waals surface area contributed by atoms with E-state index in [-0.39, 0.29) is 5.91 Å². The normalized spacial score (nSPS) is 10.7. The number of hydrogen-bond donors (Lipinski definition) is 1. The van der Waals surface area contributed by atoms with Gasteiger partial charge in [-0.1, -0.05) is 38.1 Å². The minimum Gasteiger partial charge on any atom is -0.356 e. The highest BCUT2D eigenvalue weighted by molar-refractivity contribution is 5.72. The zero-order chi connectivity index (χ0) is 14.1. The number of nitrogens with zero attached hydrogens (tertiary/aromatic N) is 1. The third-order valence-electron chi connectivity index (χ3n) is 3.20. The smallest absolute Gasteiger partial charge is 0.216 e. The highest BCUT2D eigenvalue weighted by atomic mass is 16.1. The van der Waals surface area contributed by atoms with E-state index in [1.807, 2.05) is 0 Å². The largest absolute Gasteiger partial charge is 0.356 e. The van der Waals surface area contributed by atoms with E-state index < -0.39 is 0 Å².